The molecule has 2 aliphatic rings. The number of likely N-dealkylation sites (tertiary alicyclic amines) is 1. The number of rotatable bonds is 5. The highest BCUT2D eigenvalue weighted by Gasteiger charge is 2.44. The molecule has 0 saturated carbocycles. The van der Waals surface area contributed by atoms with Crippen LogP contribution in [0.5, 0.6) is 0 Å². The fourth-order valence-corrected chi connectivity index (χ4v) is 4.50. The van der Waals surface area contributed by atoms with Gasteiger partial charge in [0.15, 0.2) is 0 Å². The van der Waals surface area contributed by atoms with Gasteiger partial charge in [0.2, 0.25) is 11.8 Å². The number of hydrogen-bond acceptors (Lipinski definition) is 7. The van der Waals surface area contributed by atoms with Crippen LogP contribution in [0, 0.1) is 11.8 Å². The van der Waals surface area contributed by atoms with E-state index in [9.17, 15) is 19.2 Å². The summed E-state index contributed by atoms with van der Waals surface area (Å²) in [7, 11) is 2.56. The average molecular weight is 435 g/mol. The minimum atomic E-state index is -0.856. The third kappa shape index (κ3) is 4.45. The third-order valence-corrected chi connectivity index (χ3v) is 6.50. The molecular formula is C21H26N2O6S. The molecule has 2 fully saturated rings. The molecule has 30 heavy (non-hydrogen) atoms. The Bertz CT molecular complexity index is 827. The first-order valence-electron chi connectivity index (χ1n) is 9.80. The van der Waals surface area contributed by atoms with Gasteiger partial charge in [-0.1, -0.05) is 0 Å². The summed E-state index contributed by atoms with van der Waals surface area (Å²) in [4.78, 5) is 54.2. The van der Waals surface area contributed by atoms with Gasteiger partial charge >= 0.3 is 11.9 Å². The van der Waals surface area contributed by atoms with Crippen LogP contribution < -0.4 is 4.90 Å². The van der Waals surface area contributed by atoms with Crippen molar-refractivity contribution in [3.05, 3.63) is 24.3 Å². The summed E-state index contributed by atoms with van der Waals surface area (Å²) in [6, 6.07) is 6.76. The molecule has 2 aliphatic heterocycles. The highest BCUT2D eigenvalue weighted by atomic mass is 32.2. The molecule has 2 saturated heterocycles. The second-order valence-electron chi connectivity index (χ2n) is 7.42. The molecule has 0 radical (unpaired) electrons. The minimum Gasteiger partial charge on any atom is -0.469 e. The molecule has 0 aromatic heterocycles. The Kier molecular flexibility index (Phi) is 7.02. The zero-order valence-electron chi connectivity index (χ0n) is 17.3. The van der Waals surface area contributed by atoms with Gasteiger partial charge < -0.3 is 19.3 Å². The molecule has 3 atom stereocenters. The monoisotopic (exact) mass is 434 g/mol. The normalized spacial score (nSPS) is 24.0. The molecule has 1 aromatic carbocycles. The summed E-state index contributed by atoms with van der Waals surface area (Å²) in [6.45, 7) is 0.507. The predicted molar refractivity (Wildman–Crippen MR) is 111 cm³/mol. The van der Waals surface area contributed by atoms with E-state index in [1.165, 1.54) is 19.1 Å². The predicted octanol–water partition coefficient (Wildman–Crippen LogP) is 1.71. The van der Waals surface area contributed by atoms with Gasteiger partial charge in [0, 0.05) is 30.1 Å². The fraction of sp³-hybridized carbons (Fsp3) is 0.524. The first kappa shape index (κ1) is 22.1. The number of hydrogen-bond donors (Lipinski definition) is 0. The van der Waals surface area contributed by atoms with Crippen molar-refractivity contribution in [1.82, 2.24) is 4.90 Å². The van der Waals surface area contributed by atoms with Crippen LogP contribution >= 0.6 is 11.8 Å². The summed E-state index contributed by atoms with van der Waals surface area (Å²) >= 11 is 1.61. The molecule has 0 bridgehead atoms. The number of anilines is 1. The Balaban J connectivity index is 1.73. The Labute approximate surface area is 179 Å². The Morgan fingerprint density at radius 3 is 2.30 bits per heavy atom. The van der Waals surface area contributed by atoms with Crippen LogP contribution in [0.4, 0.5) is 5.69 Å². The maximum atomic E-state index is 13.2. The highest BCUT2D eigenvalue weighted by Crippen LogP contribution is 2.31. The van der Waals surface area contributed by atoms with Crippen molar-refractivity contribution in [3.63, 3.8) is 0 Å². The molecule has 9 heteroatoms. The van der Waals surface area contributed by atoms with Gasteiger partial charge in [-0.05, 0) is 43.4 Å². The number of carbonyl (C=O) groups is 4. The van der Waals surface area contributed by atoms with Crippen molar-refractivity contribution in [3.8, 4) is 0 Å². The van der Waals surface area contributed by atoms with Gasteiger partial charge in [-0.15, -0.1) is 11.8 Å². The van der Waals surface area contributed by atoms with E-state index < -0.39 is 29.8 Å². The molecule has 2 amide bonds. The topological polar surface area (TPSA) is 93.2 Å². The van der Waals surface area contributed by atoms with Crippen LogP contribution in [0.25, 0.3) is 0 Å². The van der Waals surface area contributed by atoms with Gasteiger partial charge in [-0.3, -0.25) is 14.4 Å². The van der Waals surface area contributed by atoms with Crippen LogP contribution in [0.3, 0.4) is 0 Å². The van der Waals surface area contributed by atoms with Crippen LogP contribution in [0.15, 0.2) is 29.2 Å². The largest absolute Gasteiger partial charge is 0.469 e. The minimum absolute atomic E-state index is 0.0912. The van der Waals surface area contributed by atoms with Crippen LogP contribution in [0.2, 0.25) is 0 Å². The standard InChI is InChI=1S/C21H26N2O6S/c1-28-20(26)13-8-9-22(17(10-13)21(27)29-2)19(25)14-11-18(24)23(12-14)15-4-6-16(30-3)7-5-15/h4-7,13-14,17H,8-12H2,1-3H3/t13-,14-,17-/m1/s1. The van der Waals surface area contributed by atoms with Crippen LogP contribution in [-0.4, -0.2) is 68.3 Å². The zero-order chi connectivity index (χ0) is 21.8. The van der Waals surface area contributed by atoms with E-state index in [0.29, 0.717) is 6.42 Å². The van der Waals surface area contributed by atoms with Crippen molar-refractivity contribution in [2.24, 2.45) is 11.8 Å². The SMILES string of the molecule is COC(=O)[C@@H]1CCN(C(=O)[C@@H]2CC(=O)N(c3ccc(SC)cc3)C2)[C@@H](C(=O)OC)C1. The molecule has 2 heterocycles. The highest BCUT2D eigenvalue weighted by molar-refractivity contribution is 7.98. The number of amides is 2. The van der Waals surface area contributed by atoms with Crippen LogP contribution in [0.1, 0.15) is 19.3 Å². The molecule has 0 aliphatic carbocycles. The van der Waals surface area contributed by atoms with Crippen molar-refractivity contribution < 1.29 is 28.7 Å². The summed E-state index contributed by atoms with van der Waals surface area (Å²) in [5.41, 5.74) is 0.752. The van der Waals surface area contributed by atoms with Gasteiger partial charge in [-0.25, -0.2) is 4.79 Å². The number of benzene rings is 1. The number of thioether (sulfide) groups is 1. The van der Waals surface area contributed by atoms with Crippen molar-refractivity contribution in [1.29, 1.82) is 0 Å². The maximum absolute atomic E-state index is 13.2. The van der Waals surface area contributed by atoms with E-state index in [0.717, 1.165) is 10.6 Å². The number of nitrogens with zero attached hydrogens (tertiary/aromatic N) is 2. The van der Waals surface area contributed by atoms with Gasteiger partial charge in [0.05, 0.1) is 26.1 Å². The van der Waals surface area contributed by atoms with E-state index in [4.69, 9.17) is 9.47 Å². The van der Waals surface area contributed by atoms with Crippen LogP contribution in [-0.2, 0) is 28.7 Å². The molecule has 8 nitrogen and oxygen atoms in total. The Morgan fingerprint density at radius 1 is 1.03 bits per heavy atom. The summed E-state index contributed by atoms with van der Waals surface area (Å²) in [5, 5.41) is 0. The van der Waals surface area contributed by atoms with E-state index in [1.54, 1.807) is 16.7 Å². The summed E-state index contributed by atoms with van der Waals surface area (Å²) < 4.78 is 9.66. The smallest absolute Gasteiger partial charge is 0.328 e. The lowest BCUT2D eigenvalue weighted by molar-refractivity contribution is -0.161. The third-order valence-electron chi connectivity index (χ3n) is 5.75. The number of methoxy groups -OCH3 is 2. The first-order valence-corrected chi connectivity index (χ1v) is 11.0. The number of ether oxygens (including phenoxy) is 2. The quantitative estimate of drug-likeness (QED) is 0.514. The van der Waals surface area contributed by atoms with Gasteiger partial charge in [0.1, 0.15) is 6.04 Å². The number of carbonyl (C=O) groups excluding carboxylic acids is 4. The fourth-order valence-electron chi connectivity index (χ4n) is 4.09. The molecule has 0 spiro atoms. The Morgan fingerprint density at radius 2 is 1.70 bits per heavy atom. The Hall–Kier alpha value is -2.55. The van der Waals surface area contributed by atoms with E-state index in [-0.39, 0.29) is 37.7 Å². The lowest BCUT2D eigenvalue weighted by Crippen LogP contribution is -2.53. The lowest BCUT2D eigenvalue weighted by Gasteiger charge is -2.38. The summed E-state index contributed by atoms with van der Waals surface area (Å²) in [5.74, 6) is -2.34. The number of esters is 2. The van der Waals surface area contributed by atoms with Crippen molar-refractivity contribution >= 4 is 41.2 Å². The molecule has 1 aromatic rings. The molecule has 0 N–H and O–H groups in total. The van der Waals surface area contributed by atoms with E-state index >= 15 is 0 Å². The second kappa shape index (κ2) is 9.51. The molecular weight excluding hydrogens is 408 g/mol. The molecule has 162 valence electrons. The first-order chi connectivity index (χ1) is 14.4. The summed E-state index contributed by atoms with van der Waals surface area (Å²) in [6.07, 6.45) is 2.64. The van der Waals surface area contributed by atoms with Crippen molar-refractivity contribution in [2.75, 3.05) is 38.5 Å². The number of piperidine rings is 1. The molecule has 0 unspecified atom stereocenters. The van der Waals surface area contributed by atoms with E-state index in [2.05, 4.69) is 0 Å². The maximum Gasteiger partial charge on any atom is 0.328 e. The van der Waals surface area contributed by atoms with Crippen molar-refractivity contribution in [2.45, 2.75) is 30.2 Å². The van der Waals surface area contributed by atoms with E-state index in [1.807, 2.05) is 30.5 Å². The second-order valence-corrected chi connectivity index (χ2v) is 8.30. The zero-order valence-corrected chi connectivity index (χ0v) is 18.1. The van der Waals surface area contributed by atoms with Gasteiger partial charge in [-0.2, -0.15) is 0 Å². The lowest BCUT2D eigenvalue weighted by atomic mass is 9.89. The van der Waals surface area contributed by atoms with Gasteiger partial charge in [0.25, 0.3) is 0 Å². The molecule has 3 rings (SSSR count). The average Bonchev–Trinajstić information content (AvgIpc) is 3.18.